The maximum Gasteiger partial charge on any atom is 0.255 e. The molecule has 0 spiro atoms. The summed E-state index contributed by atoms with van der Waals surface area (Å²) < 4.78 is 13.0. The van der Waals surface area contributed by atoms with Crippen molar-refractivity contribution in [1.82, 2.24) is 9.88 Å². The number of carbonyl (C=O) groups is 1. The van der Waals surface area contributed by atoms with Crippen molar-refractivity contribution in [3.63, 3.8) is 0 Å². The van der Waals surface area contributed by atoms with E-state index in [0.29, 0.717) is 31.1 Å². The Labute approximate surface area is 99.6 Å². The molecule has 1 saturated heterocycles. The van der Waals surface area contributed by atoms with Crippen molar-refractivity contribution in [2.24, 2.45) is 11.7 Å². The zero-order chi connectivity index (χ0) is 12.3. The molecule has 1 aliphatic rings. The van der Waals surface area contributed by atoms with Gasteiger partial charge < -0.3 is 10.6 Å². The van der Waals surface area contributed by atoms with Gasteiger partial charge in [0.25, 0.3) is 5.91 Å². The summed E-state index contributed by atoms with van der Waals surface area (Å²) in [4.78, 5) is 17.5. The van der Waals surface area contributed by atoms with Crippen molar-refractivity contribution in [2.45, 2.75) is 12.8 Å². The van der Waals surface area contributed by atoms with E-state index in [4.69, 9.17) is 5.73 Å². The standard InChI is InChI=1S/C12H16FN3O/c13-11-4-10(6-15-7-11)12(17)16-3-1-2-9(5-14)8-16/h4,6-7,9H,1-3,5,8,14H2/t9-/m1/s1. The quantitative estimate of drug-likeness (QED) is 0.835. The number of likely N-dealkylation sites (tertiary alicyclic amines) is 1. The molecule has 1 aromatic heterocycles. The predicted octanol–water partition coefficient (Wildman–Crippen LogP) is 1.03. The number of pyridine rings is 1. The van der Waals surface area contributed by atoms with Gasteiger partial charge in [0, 0.05) is 19.3 Å². The van der Waals surface area contributed by atoms with Gasteiger partial charge in [0.2, 0.25) is 0 Å². The van der Waals surface area contributed by atoms with Gasteiger partial charge in [-0.15, -0.1) is 0 Å². The van der Waals surface area contributed by atoms with Gasteiger partial charge in [-0.1, -0.05) is 0 Å². The molecule has 0 aromatic carbocycles. The first-order valence-corrected chi connectivity index (χ1v) is 5.80. The van der Waals surface area contributed by atoms with Crippen LogP contribution in [0.1, 0.15) is 23.2 Å². The highest BCUT2D eigenvalue weighted by Crippen LogP contribution is 2.17. The Morgan fingerprint density at radius 2 is 2.41 bits per heavy atom. The molecule has 2 rings (SSSR count). The van der Waals surface area contributed by atoms with Crippen LogP contribution in [-0.2, 0) is 0 Å². The molecule has 17 heavy (non-hydrogen) atoms. The molecule has 1 amide bonds. The normalized spacial score (nSPS) is 20.4. The molecule has 4 nitrogen and oxygen atoms in total. The van der Waals surface area contributed by atoms with E-state index in [2.05, 4.69) is 4.98 Å². The predicted molar refractivity (Wildman–Crippen MR) is 61.9 cm³/mol. The number of carbonyl (C=O) groups excluding carboxylic acids is 1. The molecule has 2 heterocycles. The van der Waals surface area contributed by atoms with Crippen LogP contribution in [0.5, 0.6) is 0 Å². The summed E-state index contributed by atoms with van der Waals surface area (Å²) in [5.41, 5.74) is 5.93. The average molecular weight is 237 g/mol. The second-order valence-corrected chi connectivity index (χ2v) is 4.39. The summed E-state index contributed by atoms with van der Waals surface area (Å²) in [6, 6.07) is 1.22. The molecule has 1 aromatic rings. The van der Waals surface area contributed by atoms with Gasteiger partial charge in [0.15, 0.2) is 0 Å². The molecule has 1 fully saturated rings. The first-order chi connectivity index (χ1) is 8.20. The van der Waals surface area contributed by atoms with E-state index in [0.717, 1.165) is 19.0 Å². The summed E-state index contributed by atoms with van der Waals surface area (Å²) in [7, 11) is 0. The fourth-order valence-electron chi connectivity index (χ4n) is 2.15. The zero-order valence-corrected chi connectivity index (χ0v) is 9.60. The topological polar surface area (TPSA) is 59.2 Å². The Bertz CT molecular complexity index is 410. The van der Waals surface area contributed by atoms with Crippen LogP contribution in [0.15, 0.2) is 18.5 Å². The molecule has 2 N–H and O–H groups in total. The molecule has 0 bridgehead atoms. The lowest BCUT2D eigenvalue weighted by molar-refractivity contribution is 0.0677. The molecule has 0 saturated carbocycles. The van der Waals surface area contributed by atoms with Crippen LogP contribution < -0.4 is 5.73 Å². The summed E-state index contributed by atoms with van der Waals surface area (Å²) >= 11 is 0. The number of nitrogens with zero attached hydrogens (tertiary/aromatic N) is 2. The van der Waals surface area contributed by atoms with Crippen molar-refractivity contribution >= 4 is 5.91 Å². The molecule has 1 aliphatic heterocycles. The van der Waals surface area contributed by atoms with E-state index in [1.54, 1.807) is 4.90 Å². The van der Waals surface area contributed by atoms with Crippen LogP contribution in [0.4, 0.5) is 4.39 Å². The van der Waals surface area contributed by atoms with Crippen LogP contribution in [0.3, 0.4) is 0 Å². The summed E-state index contributed by atoms with van der Waals surface area (Å²) in [5, 5.41) is 0. The maximum atomic E-state index is 13.0. The minimum absolute atomic E-state index is 0.157. The van der Waals surface area contributed by atoms with Crippen molar-refractivity contribution in [1.29, 1.82) is 0 Å². The highest BCUT2D eigenvalue weighted by atomic mass is 19.1. The minimum atomic E-state index is -0.483. The highest BCUT2D eigenvalue weighted by Gasteiger charge is 2.23. The Kier molecular flexibility index (Phi) is 3.68. The third-order valence-electron chi connectivity index (χ3n) is 3.09. The number of rotatable bonds is 2. The number of amides is 1. The lowest BCUT2D eigenvalue weighted by atomic mass is 9.98. The van der Waals surface area contributed by atoms with Crippen LogP contribution in [0, 0.1) is 11.7 Å². The average Bonchev–Trinajstić information content (AvgIpc) is 2.38. The van der Waals surface area contributed by atoms with Crippen molar-refractivity contribution in [3.05, 3.63) is 29.8 Å². The van der Waals surface area contributed by atoms with Crippen LogP contribution in [0.25, 0.3) is 0 Å². The van der Waals surface area contributed by atoms with Crippen LogP contribution >= 0.6 is 0 Å². The van der Waals surface area contributed by atoms with Gasteiger partial charge in [-0.25, -0.2) is 4.39 Å². The van der Waals surface area contributed by atoms with Crippen LogP contribution in [-0.4, -0.2) is 35.4 Å². The van der Waals surface area contributed by atoms with Gasteiger partial charge >= 0.3 is 0 Å². The lowest BCUT2D eigenvalue weighted by Gasteiger charge is -2.32. The molecule has 0 unspecified atom stereocenters. The van der Waals surface area contributed by atoms with Gasteiger partial charge in [0.1, 0.15) is 5.82 Å². The first-order valence-electron chi connectivity index (χ1n) is 5.80. The third kappa shape index (κ3) is 2.79. The van der Waals surface area contributed by atoms with E-state index in [1.165, 1.54) is 12.3 Å². The van der Waals surface area contributed by atoms with Crippen molar-refractivity contribution in [3.8, 4) is 0 Å². The van der Waals surface area contributed by atoms with Crippen LogP contribution in [0.2, 0.25) is 0 Å². The molecule has 1 atom stereocenters. The fourth-order valence-corrected chi connectivity index (χ4v) is 2.15. The Morgan fingerprint density at radius 1 is 1.59 bits per heavy atom. The Balaban J connectivity index is 2.09. The number of nitrogens with two attached hydrogens (primary N) is 1. The summed E-state index contributed by atoms with van der Waals surface area (Å²) in [6.07, 6.45) is 4.51. The summed E-state index contributed by atoms with van der Waals surface area (Å²) in [6.45, 7) is 1.96. The molecule has 92 valence electrons. The van der Waals surface area contributed by atoms with Gasteiger partial charge in [-0.3, -0.25) is 9.78 Å². The van der Waals surface area contributed by atoms with E-state index in [1.807, 2.05) is 0 Å². The van der Waals surface area contributed by atoms with Crippen molar-refractivity contribution in [2.75, 3.05) is 19.6 Å². The highest BCUT2D eigenvalue weighted by molar-refractivity contribution is 5.93. The number of piperidine rings is 1. The third-order valence-corrected chi connectivity index (χ3v) is 3.09. The number of aromatic nitrogens is 1. The van der Waals surface area contributed by atoms with E-state index >= 15 is 0 Å². The largest absolute Gasteiger partial charge is 0.338 e. The lowest BCUT2D eigenvalue weighted by Crippen LogP contribution is -2.42. The molecule has 0 radical (unpaired) electrons. The number of halogens is 1. The molecule has 5 heteroatoms. The van der Waals surface area contributed by atoms with Gasteiger partial charge in [-0.05, 0) is 31.4 Å². The second kappa shape index (κ2) is 5.23. The Hall–Kier alpha value is -1.49. The summed E-state index contributed by atoms with van der Waals surface area (Å²) in [5.74, 6) is -0.285. The molecule has 0 aliphatic carbocycles. The van der Waals surface area contributed by atoms with Crippen molar-refractivity contribution < 1.29 is 9.18 Å². The molecular formula is C12H16FN3O. The fraction of sp³-hybridized carbons (Fsp3) is 0.500. The Morgan fingerprint density at radius 3 is 3.12 bits per heavy atom. The molecular weight excluding hydrogens is 221 g/mol. The van der Waals surface area contributed by atoms with Gasteiger partial charge in [0.05, 0.1) is 11.8 Å². The maximum absolute atomic E-state index is 13.0. The van der Waals surface area contributed by atoms with Gasteiger partial charge in [-0.2, -0.15) is 0 Å². The number of hydrogen-bond acceptors (Lipinski definition) is 3. The second-order valence-electron chi connectivity index (χ2n) is 4.39. The van der Waals surface area contributed by atoms with E-state index < -0.39 is 5.82 Å². The first kappa shape index (κ1) is 12.0. The zero-order valence-electron chi connectivity index (χ0n) is 9.60. The SMILES string of the molecule is NC[C@H]1CCCN(C(=O)c2cncc(F)c2)C1. The van der Waals surface area contributed by atoms with E-state index in [-0.39, 0.29) is 5.91 Å². The smallest absolute Gasteiger partial charge is 0.255 e. The minimum Gasteiger partial charge on any atom is -0.338 e. The monoisotopic (exact) mass is 237 g/mol. The van der Waals surface area contributed by atoms with E-state index in [9.17, 15) is 9.18 Å². The number of hydrogen-bond donors (Lipinski definition) is 1.